The summed E-state index contributed by atoms with van der Waals surface area (Å²) in [7, 11) is 1.96. The quantitative estimate of drug-likeness (QED) is 0.912. The van der Waals surface area contributed by atoms with E-state index >= 15 is 0 Å². The highest BCUT2D eigenvalue weighted by Crippen LogP contribution is 2.34. The summed E-state index contributed by atoms with van der Waals surface area (Å²) >= 11 is 1.57. The van der Waals surface area contributed by atoms with Crippen LogP contribution in [0.25, 0.3) is 0 Å². The Morgan fingerprint density at radius 2 is 2.20 bits per heavy atom. The SMILES string of the molecule is CCNC(C)c1cc(F)c(C)cc1Sc1nccn1C. The lowest BCUT2D eigenvalue weighted by Crippen LogP contribution is -2.18. The van der Waals surface area contributed by atoms with Crippen LogP contribution in [0.1, 0.15) is 31.0 Å². The van der Waals surface area contributed by atoms with E-state index < -0.39 is 0 Å². The maximum atomic E-state index is 13.9. The number of nitrogens with zero attached hydrogens (tertiary/aromatic N) is 2. The summed E-state index contributed by atoms with van der Waals surface area (Å²) in [6.45, 7) is 6.74. The van der Waals surface area contributed by atoms with E-state index in [2.05, 4.69) is 17.2 Å². The number of rotatable bonds is 5. The molecule has 3 nitrogen and oxygen atoms in total. The summed E-state index contributed by atoms with van der Waals surface area (Å²) in [5, 5.41) is 4.24. The van der Waals surface area contributed by atoms with Gasteiger partial charge < -0.3 is 9.88 Å². The van der Waals surface area contributed by atoms with Crippen LogP contribution < -0.4 is 5.32 Å². The predicted molar refractivity (Wildman–Crippen MR) is 80.6 cm³/mol. The fourth-order valence-electron chi connectivity index (χ4n) is 2.06. The molecule has 20 heavy (non-hydrogen) atoms. The van der Waals surface area contributed by atoms with Crippen LogP contribution in [0.3, 0.4) is 0 Å². The van der Waals surface area contributed by atoms with Gasteiger partial charge in [0, 0.05) is 30.4 Å². The average Bonchev–Trinajstić information content (AvgIpc) is 2.79. The first-order chi connectivity index (χ1) is 9.52. The summed E-state index contributed by atoms with van der Waals surface area (Å²) < 4.78 is 15.8. The van der Waals surface area contributed by atoms with Gasteiger partial charge in [0.25, 0.3) is 0 Å². The van der Waals surface area contributed by atoms with Gasteiger partial charge in [-0.15, -0.1) is 0 Å². The lowest BCUT2D eigenvalue weighted by atomic mass is 10.1. The Balaban J connectivity index is 2.39. The Morgan fingerprint density at radius 3 is 2.80 bits per heavy atom. The van der Waals surface area contributed by atoms with Crippen molar-refractivity contribution in [2.75, 3.05) is 6.54 Å². The molecule has 0 fully saturated rings. The van der Waals surface area contributed by atoms with Crippen molar-refractivity contribution in [3.05, 3.63) is 41.5 Å². The number of imidazole rings is 1. The van der Waals surface area contributed by atoms with Gasteiger partial charge >= 0.3 is 0 Å². The van der Waals surface area contributed by atoms with E-state index in [-0.39, 0.29) is 11.9 Å². The van der Waals surface area contributed by atoms with E-state index in [1.54, 1.807) is 30.9 Å². The minimum Gasteiger partial charge on any atom is -0.329 e. The van der Waals surface area contributed by atoms with Crippen LogP contribution in [0.4, 0.5) is 4.39 Å². The smallest absolute Gasteiger partial charge is 0.172 e. The molecular formula is C15H20FN3S. The zero-order valence-corrected chi connectivity index (χ0v) is 13.1. The number of benzene rings is 1. The second kappa shape index (κ2) is 6.41. The van der Waals surface area contributed by atoms with Crippen LogP contribution >= 0.6 is 11.8 Å². The number of halogens is 1. The van der Waals surface area contributed by atoms with Gasteiger partial charge in [0.2, 0.25) is 0 Å². The third-order valence-corrected chi connectivity index (χ3v) is 4.40. The number of aryl methyl sites for hydroxylation is 2. The van der Waals surface area contributed by atoms with Gasteiger partial charge in [-0.2, -0.15) is 0 Å². The summed E-state index contributed by atoms with van der Waals surface area (Å²) in [6, 6.07) is 3.64. The predicted octanol–water partition coefficient (Wildman–Crippen LogP) is 3.69. The molecule has 1 N–H and O–H groups in total. The van der Waals surface area contributed by atoms with Crippen molar-refractivity contribution < 1.29 is 4.39 Å². The number of aromatic nitrogens is 2. The minimum absolute atomic E-state index is 0.109. The van der Waals surface area contributed by atoms with Crippen molar-refractivity contribution in [3.63, 3.8) is 0 Å². The second-order valence-corrected chi connectivity index (χ2v) is 5.85. The normalized spacial score (nSPS) is 12.7. The Morgan fingerprint density at radius 1 is 1.45 bits per heavy atom. The Kier molecular flexibility index (Phi) is 4.83. The van der Waals surface area contributed by atoms with Crippen molar-refractivity contribution in [2.45, 2.75) is 36.9 Å². The molecule has 2 aromatic rings. The van der Waals surface area contributed by atoms with Gasteiger partial charge in [-0.1, -0.05) is 18.7 Å². The van der Waals surface area contributed by atoms with Gasteiger partial charge in [-0.05, 0) is 43.7 Å². The highest BCUT2D eigenvalue weighted by molar-refractivity contribution is 7.99. The fraction of sp³-hybridized carbons (Fsp3) is 0.400. The number of nitrogens with one attached hydrogen (secondary N) is 1. The molecule has 1 atom stereocenters. The first-order valence-electron chi connectivity index (χ1n) is 6.71. The maximum absolute atomic E-state index is 13.9. The molecule has 1 aromatic heterocycles. The fourth-order valence-corrected chi connectivity index (χ4v) is 3.17. The molecule has 0 aliphatic rings. The first kappa shape index (κ1) is 15.1. The van der Waals surface area contributed by atoms with E-state index in [1.165, 1.54) is 0 Å². The van der Waals surface area contributed by atoms with E-state index in [4.69, 9.17) is 0 Å². The number of hydrogen-bond acceptors (Lipinski definition) is 3. The molecule has 0 saturated heterocycles. The van der Waals surface area contributed by atoms with Crippen LogP contribution in [-0.4, -0.2) is 16.1 Å². The van der Waals surface area contributed by atoms with Crippen LogP contribution in [0.15, 0.2) is 34.6 Å². The third kappa shape index (κ3) is 3.22. The second-order valence-electron chi connectivity index (χ2n) is 4.84. The zero-order chi connectivity index (χ0) is 14.7. The summed E-state index contributed by atoms with van der Waals surface area (Å²) in [6.07, 6.45) is 3.68. The van der Waals surface area contributed by atoms with Gasteiger partial charge in [0.1, 0.15) is 5.82 Å². The topological polar surface area (TPSA) is 29.9 Å². The summed E-state index contributed by atoms with van der Waals surface area (Å²) in [5.41, 5.74) is 1.64. The molecule has 108 valence electrons. The molecule has 1 aromatic carbocycles. The molecule has 0 aliphatic carbocycles. The van der Waals surface area contributed by atoms with E-state index in [1.807, 2.05) is 30.8 Å². The highest BCUT2D eigenvalue weighted by atomic mass is 32.2. The molecule has 0 saturated carbocycles. The molecule has 1 heterocycles. The largest absolute Gasteiger partial charge is 0.329 e. The molecule has 0 bridgehead atoms. The summed E-state index contributed by atoms with van der Waals surface area (Å²) in [5.74, 6) is -0.158. The Bertz CT molecular complexity index is 595. The Labute approximate surface area is 123 Å². The van der Waals surface area contributed by atoms with Crippen molar-refractivity contribution >= 4 is 11.8 Å². The van der Waals surface area contributed by atoms with Crippen LogP contribution in [0.5, 0.6) is 0 Å². The monoisotopic (exact) mass is 293 g/mol. The first-order valence-corrected chi connectivity index (χ1v) is 7.53. The molecule has 0 aliphatic heterocycles. The van der Waals surface area contributed by atoms with Crippen molar-refractivity contribution in [2.24, 2.45) is 7.05 Å². The van der Waals surface area contributed by atoms with Crippen molar-refractivity contribution in [1.29, 1.82) is 0 Å². The van der Waals surface area contributed by atoms with Gasteiger partial charge in [0.15, 0.2) is 5.16 Å². The van der Waals surface area contributed by atoms with Gasteiger partial charge in [0.05, 0.1) is 0 Å². The van der Waals surface area contributed by atoms with Crippen LogP contribution in [0.2, 0.25) is 0 Å². The third-order valence-electron chi connectivity index (χ3n) is 3.25. The van der Waals surface area contributed by atoms with Gasteiger partial charge in [-0.3, -0.25) is 0 Å². The number of hydrogen-bond donors (Lipinski definition) is 1. The van der Waals surface area contributed by atoms with E-state index in [0.29, 0.717) is 5.56 Å². The molecular weight excluding hydrogens is 273 g/mol. The molecule has 5 heteroatoms. The molecule has 2 rings (SSSR count). The average molecular weight is 293 g/mol. The lowest BCUT2D eigenvalue weighted by Gasteiger charge is -2.18. The van der Waals surface area contributed by atoms with Crippen molar-refractivity contribution in [3.8, 4) is 0 Å². The zero-order valence-electron chi connectivity index (χ0n) is 12.3. The molecule has 0 amide bonds. The lowest BCUT2D eigenvalue weighted by molar-refractivity contribution is 0.571. The summed E-state index contributed by atoms with van der Waals surface area (Å²) in [4.78, 5) is 5.37. The van der Waals surface area contributed by atoms with Gasteiger partial charge in [-0.25, -0.2) is 9.37 Å². The van der Waals surface area contributed by atoms with Crippen LogP contribution in [0, 0.1) is 12.7 Å². The molecule has 0 spiro atoms. The maximum Gasteiger partial charge on any atom is 0.172 e. The molecule has 1 unspecified atom stereocenters. The van der Waals surface area contributed by atoms with E-state index in [9.17, 15) is 4.39 Å². The highest BCUT2D eigenvalue weighted by Gasteiger charge is 2.15. The minimum atomic E-state index is -0.158. The Hall–Kier alpha value is -1.33. The van der Waals surface area contributed by atoms with E-state index in [0.717, 1.165) is 22.2 Å². The van der Waals surface area contributed by atoms with Crippen molar-refractivity contribution in [1.82, 2.24) is 14.9 Å². The van der Waals surface area contributed by atoms with Crippen LogP contribution in [-0.2, 0) is 7.05 Å². The molecule has 0 radical (unpaired) electrons. The standard InChI is InChI=1S/C15H20FN3S/c1-5-17-11(3)12-9-13(16)10(2)8-14(12)20-15-18-6-7-19(15)4/h6-9,11,17H,5H2,1-4H3.